The molecule has 5 nitrogen and oxygen atoms in total. The van der Waals surface area contributed by atoms with E-state index in [1.54, 1.807) is 0 Å². The Labute approximate surface area is 84.3 Å². The molecule has 0 spiro atoms. The second-order valence-electron chi connectivity index (χ2n) is 2.34. The van der Waals surface area contributed by atoms with Gasteiger partial charge in [-0.25, -0.2) is 9.59 Å². The molecule has 0 fully saturated rings. The minimum atomic E-state index is -4.48. The molecule has 0 saturated carbocycles. The lowest BCUT2D eigenvalue weighted by Gasteiger charge is -2.11. The number of halogens is 2. The van der Waals surface area contributed by atoms with E-state index in [0.29, 0.717) is 0 Å². The minimum absolute atomic E-state index is 0.233. The van der Waals surface area contributed by atoms with Crippen molar-refractivity contribution in [2.24, 2.45) is 0 Å². The number of ether oxygens (including phenoxy) is 2. The van der Waals surface area contributed by atoms with Gasteiger partial charge in [-0.05, 0) is 13.8 Å². The van der Waals surface area contributed by atoms with Crippen LogP contribution < -0.4 is 0 Å². The second-order valence-corrected chi connectivity index (χ2v) is 2.34. The lowest BCUT2D eigenvalue weighted by Crippen LogP contribution is -2.44. The zero-order chi connectivity index (χ0) is 12.1. The largest absolute Gasteiger partial charge is 0.461 e. The van der Waals surface area contributed by atoms with Crippen molar-refractivity contribution in [2.45, 2.75) is 19.8 Å². The topological polar surface area (TPSA) is 69.7 Å². The Kier molecular flexibility index (Phi) is 4.83. The molecule has 7 heteroatoms. The van der Waals surface area contributed by atoms with E-state index in [4.69, 9.17) is 0 Å². The van der Waals surface area contributed by atoms with Crippen molar-refractivity contribution in [1.29, 1.82) is 0 Å². The average Bonchev–Trinajstić information content (AvgIpc) is 2.17. The molecule has 0 saturated heterocycles. The van der Waals surface area contributed by atoms with E-state index in [2.05, 4.69) is 9.47 Å². The quantitative estimate of drug-likeness (QED) is 0.382. The van der Waals surface area contributed by atoms with Crippen molar-refractivity contribution in [3.8, 4) is 0 Å². The van der Waals surface area contributed by atoms with Crippen LogP contribution in [0.1, 0.15) is 13.8 Å². The van der Waals surface area contributed by atoms with Gasteiger partial charge < -0.3 is 9.47 Å². The first kappa shape index (κ1) is 13.5. The molecule has 86 valence electrons. The summed E-state index contributed by atoms with van der Waals surface area (Å²) in [6.07, 6.45) is 0. The highest BCUT2D eigenvalue weighted by Gasteiger charge is 2.53. The molecule has 0 bridgehead atoms. The summed E-state index contributed by atoms with van der Waals surface area (Å²) in [5, 5.41) is 0. The average molecular weight is 224 g/mol. The highest BCUT2D eigenvalue weighted by Crippen LogP contribution is 2.17. The third-order valence-corrected chi connectivity index (χ3v) is 1.28. The van der Waals surface area contributed by atoms with Crippen LogP contribution in [0.25, 0.3) is 0 Å². The molecule has 0 radical (unpaired) electrons. The number of esters is 2. The summed E-state index contributed by atoms with van der Waals surface area (Å²) in [6, 6.07) is 0. The molecule has 0 aromatic heterocycles. The third kappa shape index (κ3) is 3.26. The molecule has 0 aromatic carbocycles. The molecule has 0 unspecified atom stereocenters. The smallest absolute Gasteiger partial charge is 0.411 e. The van der Waals surface area contributed by atoms with Crippen LogP contribution in [0.15, 0.2) is 0 Å². The van der Waals surface area contributed by atoms with Gasteiger partial charge in [0.2, 0.25) is 0 Å². The fraction of sp³-hybridized carbons (Fsp3) is 0.625. The Morgan fingerprint density at radius 1 is 1.07 bits per heavy atom. The molecule has 0 aromatic rings. The van der Waals surface area contributed by atoms with Gasteiger partial charge in [-0.2, -0.15) is 8.78 Å². The maximum absolute atomic E-state index is 12.8. The first-order valence-electron chi connectivity index (χ1n) is 4.14. The number of hydrogen-bond acceptors (Lipinski definition) is 5. The van der Waals surface area contributed by atoms with E-state index < -0.39 is 23.6 Å². The number of hydrogen-bond donors (Lipinski definition) is 0. The predicted molar refractivity (Wildman–Crippen MR) is 43.2 cm³/mol. The Morgan fingerprint density at radius 3 is 1.93 bits per heavy atom. The standard InChI is InChI=1S/C8H10F2O5/c1-3-14-6(12)5(11)8(9,10)7(13)15-4-2/h3-4H2,1-2H3. The van der Waals surface area contributed by atoms with Gasteiger partial charge in [0.1, 0.15) is 0 Å². The van der Waals surface area contributed by atoms with Crippen LogP contribution in [0.4, 0.5) is 8.78 Å². The number of carbonyl (C=O) groups is 3. The maximum atomic E-state index is 12.8. The van der Waals surface area contributed by atoms with E-state index in [9.17, 15) is 23.2 Å². The van der Waals surface area contributed by atoms with Gasteiger partial charge >= 0.3 is 23.6 Å². The lowest BCUT2D eigenvalue weighted by molar-refractivity contribution is -0.182. The normalized spacial score (nSPS) is 10.7. The van der Waals surface area contributed by atoms with Gasteiger partial charge in [-0.1, -0.05) is 0 Å². The first-order chi connectivity index (χ1) is 6.87. The zero-order valence-electron chi connectivity index (χ0n) is 8.21. The van der Waals surface area contributed by atoms with Gasteiger partial charge in [0.05, 0.1) is 13.2 Å². The van der Waals surface area contributed by atoms with Crippen molar-refractivity contribution in [1.82, 2.24) is 0 Å². The van der Waals surface area contributed by atoms with Crippen LogP contribution >= 0.6 is 0 Å². The molecule has 0 aliphatic carbocycles. The summed E-state index contributed by atoms with van der Waals surface area (Å²) >= 11 is 0. The molecular formula is C8H10F2O5. The molecule has 0 rings (SSSR count). The van der Waals surface area contributed by atoms with Gasteiger partial charge in [0, 0.05) is 0 Å². The number of ketones is 1. The Morgan fingerprint density at radius 2 is 1.53 bits per heavy atom. The lowest BCUT2D eigenvalue weighted by atomic mass is 10.2. The van der Waals surface area contributed by atoms with Crippen LogP contribution in [0, 0.1) is 0 Å². The van der Waals surface area contributed by atoms with Gasteiger partial charge in [-0.3, -0.25) is 4.79 Å². The number of carbonyl (C=O) groups excluding carboxylic acids is 3. The van der Waals surface area contributed by atoms with Gasteiger partial charge in [0.15, 0.2) is 0 Å². The summed E-state index contributed by atoms with van der Waals surface area (Å²) in [4.78, 5) is 32.0. The Balaban J connectivity index is 4.64. The summed E-state index contributed by atoms with van der Waals surface area (Å²) in [7, 11) is 0. The van der Waals surface area contributed by atoms with E-state index in [1.165, 1.54) is 13.8 Å². The molecule has 0 aliphatic heterocycles. The van der Waals surface area contributed by atoms with Crippen LogP contribution in [0.2, 0.25) is 0 Å². The van der Waals surface area contributed by atoms with Crippen LogP contribution in [0.5, 0.6) is 0 Å². The van der Waals surface area contributed by atoms with Crippen molar-refractivity contribution in [2.75, 3.05) is 13.2 Å². The van der Waals surface area contributed by atoms with Crippen LogP contribution in [-0.4, -0.2) is 36.9 Å². The zero-order valence-corrected chi connectivity index (χ0v) is 8.21. The number of rotatable bonds is 5. The summed E-state index contributed by atoms with van der Waals surface area (Å²) in [6.45, 7) is 2.09. The summed E-state index contributed by atoms with van der Waals surface area (Å²) in [5.74, 6) is -10.5. The fourth-order valence-corrected chi connectivity index (χ4v) is 0.639. The van der Waals surface area contributed by atoms with Crippen LogP contribution in [0.3, 0.4) is 0 Å². The molecule has 0 aliphatic rings. The maximum Gasteiger partial charge on any atom is 0.411 e. The highest BCUT2D eigenvalue weighted by atomic mass is 19.3. The Bertz CT molecular complexity index is 274. The second kappa shape index (κ2) is 5.38. The number of Topliss-reactive ketones (excluding diaryl/α,β-unsaturated/α-hetero) is 1. The molecular weight excluding hydrogens is 214 g/mol. The highest BCUT2D eigenvalue weighted by molar-refractivity contribution is 6.40. The molecule has 0 atom stereocenters. The predicted octanol–water partition coefficient (Wildman–Crippen LogP) is 0.317. The van der Waals surface area contributed by atoms with Crippen molar-refractivity contribution < 1.29 is 32.6 Å². The van der Waals surface area contributed by atoms with Crippen molar-refractivity contribution in [3.63, 3.8) is 0 Å². The van der Waals surface area contributed by atoms with E-state index in [1.807, 2.05) is 0 Å². The summed E-state index contributed by atoms with van der Waals surface area (Å²) < 4.78 is 33.7. The fourth-order valence-electron chi connectivity index (χ4n) is 0.639. The first-order valence-corrected chi connectivity index (χ1v) is 4.14. The van der Waals surface area contributed by atoms with E-state index in [-0.39, 0.29) is 13.2 Å². The Hall–Kier alpha value is -1.53. The van der Waals surface area contributed by atoms with E-state index in [0.717, 1.165) is 0 Å². The number of alkyl halides is 2. The van der Waals surface area contributed by atoms with Gasteiger partial charge in [-0.15, -0.1) is 0 Å². The minimum Gasteiger partial charge on any atom is -0.461 e. The SMILES string of the molecule is CCOC(=O)C(=O)C(F)(F)C(=O)OCC. The van der Waals surface area contributed by atoms with Crippen LogP contribution in [-0.2, 0) is 23.9 Å². The van der Waals surface area contributed by atoms with Crippen molar-refractivity contribution >= 4 is 17.7 Å². The molecule has 0 N–H and O–H groups in total. The van der Waals surface area contributed by atoms with Crippen molar-refractivity contribution in [3.05, 3.63) is 0 Å². The van der Waals surface area contributed by atoms with E-state index >= 15 is 0 Å². The molecule has 0 heterocycles. The summed E-state index contributed by atoms with van der Waals surface area (Å²) in [5.41, 5.74) is 0. The van der Waals surface area contributed by atoms with Gasteiger partial charge in [0.25, 0.3) is 0 Å². The molecule has 0 amide bonds. The molecule has 15 heavy (non-hydrogen) atoms. The monoisotopic (exact) mass is 224 g/mol. The third-order valence-electron chi connectivity index (χ3n) is 1.28.